The highest BCUT2D eigenvalue weighted by Crippen LogP contribution is 2.23. The molecule has 0 atom stereocenters. The third kappa shape index (κ3) is 4.63. The molecule has 3 rings (SSSR count). The van der Waals surface area contributed by atoms with E-state index in [2.05, 4.69) is 15.5 Å². The van der Waals surface area contributed by atoms with Crippen LogP contribution >= 0.6 is 0 Å². The summed E-state index contributed by atoms with van der Waals surface area (Å²) >= 11 is 0. The minimum Gasteiger partial charge on any atom is -0.457 e. The van der Waals surface area contributed by atoms with Gasteiger partial charge in [0.2, 0.25) is 0 Å². The maximum absolute atomic E-state index is 5.98. The van der Waals surface area contributed by atoms with Crippen LogP contribution in [-0.2, 0) is 6.42 Å². The summed E-state index contributed by atoms with van der Waals surface area (Å²) in [6.07, 6.45) is 0.737. The quantitative estimate of drug-likeness (QED) is 0.517. The molecule has 1 heterocycles. The Morgan fingerprint density at radius 2 is 1.88 bits per heavy atom. The summed E-state index contributed by atoms with van der Waals surface area (Å²) in [6, 6.07) is 17.2. The predicted molar refractivity (Wildman–Crippen MR) is 103 cm³/mol. The van der Waals surface area contributed by atoms with E-state index in [0.717, 1.165) is 40.6 Å². The normalized spacial score (nSPS) is 11.4. The molecule has 0 amide bonds. The molecule has 0 unspecified atom stereocenters. The van der Waals surface area contributed by atoms with Crippen LogP contribution in [-0.4, -0.2) is 17.7 Å². The Morgan fingerprint density at radius 3 is 2.62 bits per heavy atom. The van der Waals surface area contributed by atoms with Gasteiger partial charge in [0.05, 0.1) is 5.69 Å². The number of anilines is 1. The van der Waals surface area contributed by atoms with Crippen molar-refractivity contribution in [1.29, 1.82) is 0 Å². The van der Waals surface area contributed by atoms with Gasteiger partial charge in [0.25, 0.3) is 0 Å². The van der Waals surface area contributed by atoms with E-state index < -0.39 is 0 Å². The van der Waals surface area contributed by atoms with E-state index >= 15 is 0 Å². The number of para-hydroxylation sites is 1. The number of aryl methyl sites for hydroxylation is 2. The highest BCUT2D eigenvalue weighted by molar-refractivity contribution is 5.92. The number of rotatable bonds is 6. The van der Waals surface area contributed by atoms with Gasteiger partial charge in [-0.1, -0.05) is 29.4 Å². The molecule has 134 valence electrons. The van der Waals surface area contributed by atoms with Gasteiger partial charge >= 0.3 is 0 Å². The summed E-state index contributed by atoms with van der Waals surface area (Å²) < 4.78 is 11.0. The molecule has 0 fully saturated rings. The standard InChI is InChI=1S/C20H22N4O2/c1-14-19(15(2)26-24-14)11-12-22-20(21)23-16-7-6-10-18(13-16)25-17-8-4-3-5-9-17/h3-10,13H,11-12H2,1-2H3,(H3,21,22,23). The highest BCUT2D eigenvalue weighted by atomic mass is 16.5. The molecule has 3 N–H and O–H groups in total. The predicted octanol–water partition coefficient (Wildman–Crippen LogP) is 4.05. The van der Waals surface area contributed by atoms with Gasteiger partial charge in [-0.2, -0.15) is 0 Å². The van der Waals surface area contributed by atoms with Crippen LogP contribution < -0.4 is 15.8 Å². The first-order valence-corrected chi connectivity index (χ1v) is 8.43. The van der Waals surface area contributed by atoms with Gasteiger partial charge in [0.15, 0.2) is 5.96 Å². The summed E-state index contributed by atoms with van der Waals surface area (Å²) in [4.78, 5) is 4.36. The Balaban J connectivity index is 1.58. The van der Waals surface area contributed by atoms with E-state index in [1.807, 2.05) is 68.4 Å². The van der Waals surface area contributed by atoms with Crippen molar-refractivity contribution in [2.75, 3.05) is 11.9 Å². The van der Waals surface area contributed by atoms with Gasteiger partial charge in [-0.3, -0.25) is 4.99 Å². The number of aliphatic imine (C=N–C) groups is 1. The fourth-order valence-corrected chi connectivity index (χ4v) is 2.60. The number of nitrogens with two attached hydrogens (primary N) is 1. The average Bonchev–Trinajstić information content (AvgIpc) is 2.95. The minimum absolute atomic E-state index is 0.355. The second-order valence-electron chi connectivity index (χ2n) is 5.89. The molecule has 0 saturated heterocycles. The molecule has 0 radical (unpaired) electrons. The van der Waals surface area contributed by atoms with Crippen LogP contribution in [0.4, 0.5) is 5.69 Å². The molecule has 0 saturated carbocycles. The fraction of sp³-hybridized carbons (Fsp3) is 0.200. The van der Waals surface area contributed by atoms with Gasteiger partial charge in [-0.05, 0) is 44.5 Å². The molecule has 26 heavy (non-hydrogen) atoms. The first kappa shape index (κ1) is 17.5. The van der Waals surface area contributed by atoms with Crippen molar-refractivity contribution >= 4 is 11.6 Å². The lowest BCUT2D eigenvalue weighted by Gasteiger charge is -2.09. The van der Waals surface area contributed by atoms with Crippen LogP contribution in [0.1, 0.15) is 17.0 Å². The molecule has 6 heteroatoms. The second-order valence-corrected chi connectivity index (χ2v) is 5.89. The third-order valence-corrected chi connectivity index (χ3v) is 3.91. The number of ether oxygens (including phenoxy) is 1. The topological polar surface area (TPSA) is 85.7 Å². The summed E-state index contributed by atoms with van der Waals surface area (Å²) in [5.74, 6) is 2.69. The van der Waals surface area contributed by atoms with Gasteiger partial charge in [0, 0.05) is 23.9 Å². The largest absolute Gasteiger partial charge is 0.457 e. The van der Waals surface area contributed by atoms with Gasteiger partial charge in [-0.25, -0.2) is 0 Å². The number of hydrogen-bond acceptors (Lipinski definition) is 4. The van der Waals surface area contributed by atoms with E-state index in [9.17, 15) is 0 Å². The highest BCUT2D eigenvalue weighted by Gasteiger charge is 2.08. The first-order valence-electron chi connectivity index (χ1n) is 8.43. The van der Waals surface area contributed by atoms with Crippen LogP contribution in [0.15, 0.2) is 64.1 Å². The maximum Gasteiger partial charge on any atom is 0.193 e. The monoisotopic (exact) mass is 350 g/mol. The van der Waals surface area contributed by atoms with Crippen molar-refractivity contribution in [3.05, 3.63) is 71.6 Å². The van der Waals surface area contributed by atoms with Crippen molar-refractivity contribution in [3.63, 3.8) is 0 Å². The molecular weight excluding hydrogens is 328 g/mol. The van der Waals surface area contributed by atoms with E-state index in [-0.39, 0.29) is 0 Å². The van der Waals surface area contributed by atoms with Crippen molar-refractivity contribution in [3.8, 4) is 11.5 Å². The Labute approximate surface area is 152 Å². The Hall–Kier alpha value is -3.28. The smallest absolute Gasteiger partial charge is 0.193 e. The number of nitrogens with one attached hydrogen (secondary N) is 1. The van der Waals surface area contributed by atoms with Crippen molar-refractivity contribution in [2.45, 2.75) is 20.3 Å². The average molecular weight is 350 g/mol. The van der Waals surface area contributed by atoms with Crippen molar-refractivity contribution in [1.82, 2.24) is 5.16 Å². The van der Waals surface area contributed by atoms with E-state index in [4.69, 9.17) is 15.0 Å². The number of hydrogen-bond donors (Lipinski definition) is 2. The molecule has 1 aromatic heterocycles. The van der Waals surface area contributed by atoms with Crippen molar-refractivity contribution < 1.29 is 9.26 Å². The summed E-state index contributed by atoms with van der Waals surface area (Å²) in [6.45, 7) is 4.39. The zero-order valence-electron chi connectivity index (χ0n) is 14.9. The maximum atomic E-state index is 5.98. The molecule has 6 nitrogen and oxygen atoms in total. The zero-order valence-corrected chi connectivity index (χ0v) is 14.9. The summed E-state index contributed by atoms with van der Waals surface area (Å²) in [5, 5.41) is 7.03. The van der Waals surface area contributed by atoms with Gasteiger partial charge < -0.3 is 20.3 Å². The van der Waals surface area contributed by atoms with Crippen LogP contribution in [0.5, 0.6) is 11.5 Å². The molecule has 0 aliphatic rings. The number of aromatic nitrogens is 1. The van der Waals surface area contributed by atoms with E-state index in [1.165, 1.54) is 0 Å². The van der Waals surface area contributed by atoms with Crippen molar-refractivity contribution in [2.24, 2.45) is 10.7 Å². The van der Waals surface area contributed by atoms with Crippen LogP contribution in [0.2, 0.25) is 0 Å². The van der Waals surface area contributed by atoms with E-state index in [0.29, 0.717) is 12.5 Å². The van der Waals surface area contributed by atoms with Crippen LogP contribution in [0, 0.1) is 13.8 Å². The lowest BCUT2D eigenvalue weighted by Crippen LogP contribution is -2.23. The fourth-order valence-electron chi connectivity index (χ4n) is 2.60. The van der Waals surface area contributed by atoms with Gasteiger partial charge in [-0.15, -0.1) is 0 Å². The summed E-state index contributed by atoms with van der Waals surface area (Å²) in [7, 11) is 0. The molecule has 2 aromatic carbocycles. The van der Waals surface area contributed by atoms with Crippen LogP contribution in [0.3, 0.4) is 0 Å². The number of guanidine groups is 1. The third-order valence-electron chi connectivity index (χ3n) is 3.91. The molecule has 0 spiro atoms. The Bertz CT molecular complexity index is 868. The zero-order chi connectivity index (χ0) is 18.4. The molecular formula is C20H22N4O2. The minimum atomic E-state index is 0.355. The second kappa shape index (κ2) is 8.20. The number of benzene rings is 2. The molecule has 3 aromatic rings. The lowest BCUT2D eigenvalue weighted by molar-refractivity contribution is 0.392. The Kier molecular flexibility index (Phi) is 5.53. The number of nitrogens with zero attached hydrogens (tertiary/aromatic N) is 2. The molecule has 0 aliphatic heterocycles. The SMILES string of the molecule is Cc1noc(C)c1CCN=C(N)Nc1cccc(Oc2ccccc2)c1. The molecule has 0 aliphatic carbocycles. The lowest BCUT2D eigenvalue weighted by atomic mass is 10.1. The molecule has 0 bridgehead atoms. The summed E-state index contributed by atoms with van der Waals surface area (Å²) in [5.41, 5.74) is 8.78. The van der Waals surface area contributed by atoms with Crippen LogP contribution in [0.25, 0.3) is 0 Å². The van der Waals surface area contributed by atoms with E-state index in [1.54, 1.807) is 0 Å². The van der Waals surface area contributed by atoms with Gasteiger partial charge in [0.1, 0.15) is 17.3 Å². The first-order chi connectivity index (χ1) is 12.6. The Morgan fingerprint density at radius 1 is 1.12 bits per heavy atom.